The van der Waals surface area contributed by atoms with Gasteiger partial charge in [-0.3, -0.25) is 4.68 Å². The van der Waals surface area contributed by atoms with Crippen molar-refractivity contribution in [3.8, 4) is 0 Å². The van der Waals surface area contributed by atoms with Gasteiger partial charge in [0.1, 0.15) is 0 Å². The van der Waals surface area contributed by atoms with Gasteiger partial charge in [-0.05, 0) is 19.9 Å². The minimum Gasteiger partial charge on any atom is -0.309 e. The van der Waals surface area contributed by atoms with E-state index in [0.717, 1.165) is 23.7 Å². The van der Waals surface area contributed by atoms with Crippen LogP contribution in [0.25, 0.3) is 0 Å². The Labute approximate surface area is 84.1 Å². The summed E-state index contributed by atoms with van der Waals surface area (Å²) < 4.78 is 1.82. The molecule has 1 rings (SSSR count). The van der Waals surface area contributed by atoms with E-state index in [4.69, 9.17) is 11.6 Å². The van der Waals surface area contributed by atoms with Crippen LogP contribution in [-0.4, -0.2) is 16.3 Å². The highest BCUT2D eigenvalue weighted by atomic mass is 35.5. The molecule has 0 aromatic carbocycles. The Morgan fingerprint density at radius 3 is 2.85 bits per heavy atom. The van der Waals surface area contributed by atoms with Gasteiger partial charge in [0, 0.05) is 13.1 Å². The van der Waals surface area contributed by atoms with E-state index >= 15 is 0 Å². The highest BCUT2D eigenvalue weighted by molar-refractivity contribution is 6.31. The van der Waals surface area contributed by atoms with Crippen LogP contribution in [-0.2, 0) is 7.05 Å². The Hall–Kier alpha value is -0.540. The van der Waals surface area contributed by atoms with Crippen LogP contribution in [0.1, 0.15) is 32.0 Å². The summed E-state index contributed by atoms with van der Waals surface area (Å²) in [7, 11) is 1.91. The topological polar surface area (TPSA) is 29.9 Å². The normalized spacial score (nSPS) is 13.2. The van der Waals surface area contributed by atoms with Gasteiger partial charge in [-0.25, -0.2) is 0 Å². The summed E-state index contributed by atoms with van der Waals surface area (Å²) in [5, 5.41) is 8.20. The van der Waals surface area contributed by atoms with E-state index in [1.807, 2.05) is 11.7 Å². The van der Waals surface area contributed by atoms with Crippen molar-refractivity contribution in [1.29, 1.82) is 0 Å². The molecule has 1 aromatic rings. The molecule has 13 heavy (non-hydrogen) atoms. The van der Waals surface area contributed by atoms with Gasteiger partial charge in [0.25, 0.3) is 0 Å². The van der Waals surface area contributed by atoms with Gasteiger partial charge >= 0.3 is 0 Å². The first-order valence-corrected chi connectivity index (χ1v) is 4.95. The van der Waals surface area contributed by atoms with Crippen molar-refractivity contribution in [2.75, 3.05) is 6.54 Å². The molecule has 0 saturated heterocycles. The zero-order valence-corrected chi connectivity index (χ0v) is 9.10. The van der Waals surface area contributed by atoms with Crippen LogP contribution in [0.4, 0.5) is 0 Å². The van der Waals surface area contributed by atoms with E-state index in [-0.39, 0.29) is 6.04 Å². The van der Waals surface area contributed by atoms with Crippen molar-refractivity contribution in [3.63, 3.8) is 0 Å². The van der Waals surface area contributed by atoms with Crippen LogP contribution >= 0.6 is 11.6 Å². The van der Waals surface area contributed by atoms with Crippen molar-refractivity contribution >= 4 is 11.6 Å². The third-order valence-corrected chi connectivity index (χ3v) is 2.34. The maximum Gasteiger partial charge on any atom is 0.0833 e. The lowest BCUT2D eigenvalue weighted by Crippen LogP contribution is -2.21. The second-order valence-electron chi connectivity index (χ2n) is 3.18. The summed E-state index contributed by atoms with van der Waals surface area (Å²) in [5.74, 6) is 0. The summed E-state index contributed by atoms with van der Waals surface area (Å²) in [6.07, 6.45) is 2.81. The molecule has 1 heterocycles. The second-order valence-corrected chi connectivity index (χ2v) is 3.58. The van der Waals surface area contributed by atoms with Crippen molar-refractivity contribution in [1.82, 2.24) is 15.1 Å². The maximum absolute atomic E-state index is 6.00. The van der Waals surface area contributed by atoms with E-state index < -0.39 is 0 Å². The third-order valence-electron chi connectivity index (χ3n) is 2.05. The molecule has 4 heteroatoms. The maximum atomic E-state index is 6.00. The monoisotopic (exact) mass is 201 g/mol. The summed E-state index contributed by atoms with van der Waals surface area (Å²) in [6, 6.07) is 0.264. The smallest absolute Gasteiger partial charge is 0.0833 e. The molecule has 0 bridgehead atoms. The molecule has 0 aliphatic carbocycles. The minimum atomic E-state index is 0.264. The number of rotatable bonds is 4. The first kappa shape index (κ1) is 10.5. The highest BCUT2D eigenvalue weighted by Gasteiger charge is 2.12. The molecule has 3 nitrogen and oxygen atoms in total. The summed E-state index contributed by atoms with van der Waals surface area (Å²) in [6.45, 7) is 5.24. The molecule has 0 radical (unpaired) electrons. The lowest BCUT2D eigenvalue weighted by Gasteiger charge is -2.13. The molecule has 74 valence electrons. The Kier molecular flexibility index (Phi) is 3.75. The zero-order chi connectivity index (χ0) is 9.84. The molecule has 0 spiro atoms. The molecule has 0 aliphatic rings. The number of aryl methyl sites for hydroxylation is 1. The quantitative estimate of drug-likeness (QED) is 0.809. The predicted molar refractivity (Wildman–Crippen MR) is 54.9 cm³/mol. The first-order chi connectivity index (χ1) is 6.16. The van der Waals surface area contributed by atoms with Gasteiger partial charge in [0.2, 0.25) is 0 Å². The second kappa shape index (κ2) is 4.63. The number of aromatic nitrogens is 2. The summed E-state index contributed by atoms with van der Waals surface area (Å²) >= 11 is 6.00. The summed E-state index contributed by atoms with van der Waals surface area (Å²) in [4.78, 5) is 0. The van der Waals surface area contributed by atoms with Gasteiger partial charge in [0.15, 0.2) is 0 Å². The number of hydrogen-bond acceptors (Lipinski definition) is 2. The number of hydrogen-bond donors (Lipinski definition) is 1. The van der Waals surface area contributed by atoms with Gasteiger partial charge in [-0.1, -0.05) is 18.5 Å². The van der Waals surface area contributed by atoms with E-state index in [9.17, 15) is 0 Å². The molecule has 0 aliphatic heterocycles. The molecule has 1 atom stereocenters. The van der Waals surface area contributed by atoms with Crippen LogP contribution < -0.4 is 5.32 Å². The van der Waals surface area contributed by atoms with Crippen LogP contribution in [0.2, 0.25) is 5.02 Å². The zero-order valence-electron chi connectivity index (χ0n) is 8.34. The fourth-order valence-corrected chi connectivity index (χ4v) is 1.69. The van der Waals surface area contributed by atoms with E-state index in [1.165, 1.54) is 0 Å². The number of halogens is 1. The molecular weight excluding hydrogens is 186 g/mol. The molecule has 0 fully saturated rings. The molecule has 1 unspecified atom stereocenters. The standard InChI is InChI=1S/C9H16ClN3/c1-4-5-11-7(2)9-8(10)6-12-13(9)3/h6-7,11H,4-5H2,1-3H3. The fourth-order valence-electron chi connectivity index (χ4n) is 1.36. The Morgan fingerprint density at radius 1 is 1.69 bits per heavy atom. The Bertz CT molecular complexity index is 250. The summed E-state index contributed by atoms with van der Waals surface area (Å²) in [5.41, 5.74) is 1.05. The third kappa shape index (κ3) is 2.45. The molecule has 1 N–H and O–H groups in total. The van der Waals surface area contributed by atoms with Crippen molar-refractivity contribution < 1.29 is 0 Å². The number of nitrogens with one attached hydrogen (secondary N) is 1. The average Bonchev–Trinajstić information content (AvgIpc) is 2.42. The van der Waals surface area contributed by atoms with Gasteiger partial charge in [-0.2, -0.15) is 5.10 Å². The molecule has 0 amide bonds. The van der Waals surface area contributed by atoms with Crippen molar-refractivity contribution in [2.45, 2.75) is 26.3 Å². The lowest BCUT2D eigenvalue weighted by atomic mass is 10.2. The Morgan fingerprint density at radius 2 is 2.38 bits per heavy atom. The Balaban J connectivity index is 2.69. The van der Waals surface area contributed by atoms with Crippen LogP contribution in [0, 0.1) is 0 Å². The van der Waals surface area contributed by atoms with Gasteiger partial charge in [-0.15, -0.1) is 0 Å². The number of nitrogens with zero attached hydrogens (tertiary/aromatic N) is 2. The SMILES string of the molecule is CCCNC(C)c1c(Cl)cnn1C. The van der Waals surface area contributed by atoms with Crippen molar-refractivity contribution in [2.24, 2.45) is 7.05 Å². The van der Waals surface area contributed by atoms with Crippen LogP contribution in [0.15, 0.2) is 6.20 Å². The molecular formula is C9H16ClN3. The molecule has 0 saturated carbocycles. The van der Waals surface area contributed by atoms with Crippen LogP contribution in [0.3, 0.4) is 0 Å². The van der Waals surface area contributed by atoms with E-state index in [2.05, 4.69) is 24.3 Å². The molecule has 1 aromatic heterocycles. The highest BCUT2D eigenvalue weighted by Crippen LogP contribution is 2.21. The minimum absolute atomic E-state index is 0.264. The van der Waals surface area contributed by atoms with Crippen LogP contribution in [0.5, 0.6) is 0 Å². The van der Waals surface area contributed by atoms with E-state index in [0.29, 0.717) is 0 Å². The average molecular weight is 202 g/mol. The largest absolute Gasteiger partial charge is 0.309 e. The lowest BCUT2D eigenvalue weighted by molar-refractivity contribution is 0.529. The van der Waals surface area contributed by atoms with Gasteiger partial charge < -0.3 is 5.32 Å². The first-order valence-electron chi connectivity index (χ1n) is 4.57. The van der Waals surface area contributed by atoms with Gasteiger partial charge in [0.05, 0.1) is 16.9 Å². The van der Waals surface area contributed by atoms with Crippen molar-refractivity contribution in [3.05, 3.63) is 16.9 Å². The fraction of sp³-hybridized carbons (Fsp3) is 0.667. The van der Waals surface area contributed by atoms with E-state index in [1.54, 1.807) is 6.20 Å². The predicted octanol–water partition coefficient (Wildman–Crippen LogP) is 2.13.